The Morgan fingerprint density at radius 1 is 0.486 bits per heavy atom. The van der Waals surface area contributed by atoms with Gasteiger partial charge in [0.1, 0.15) is 37.9 Å². The van der Waals surface area contributed by atoms with Crippen molar-refractivity contribution in [2.75, 3.05) is 39.5 Å². The van der Waals surface area contributed by atoms with E-state index >= 15 is 0 Å². The minimum Gasteiger partial charge on any atom is -0.477 e. The number of nitrogens with zero attached hydrogens (tertiary/aromatic N) is 4. The molecule has 0 fully saturated rings. The van der Waals surface area contributed by atoms with Gasteiger partial charge >= 0.3 is 0 Å². The highest BCUT2D eigenvalue weighted by Crippen LogP contribution is 2.26. The highest BCUT2D eigenvalue weighted by molar-refractivity contribution is 5.85. The highest BCUT2D eigenvalue weighted by Gasteiger charge is 2.28. The van der Waals surface area contributed by atoms with E-state index in [1.807, 2.05) is 54.6 Å². The maximum Gasteiger partial charge on any atom is 0.198 e. The van der Waals surface area contributed by atoms with E-state index in [4.69, 9.17) is 29.2 Å². The lowest BCUT2D eigenvalue weighted by Gasteiger charge is -2.20. The molecule has 6 rings (SSSR count). The number of hydrogen-bond donors (Lipinski definition) is 0. The molecule has 0 aromatic heterocycles. The fourth-order valence-corrected chi connectivity index (χ4v) is 4.81. The Morgan fingerprint density at radius 3 is 1.08 bits per heavy atom. The first kappa shape index (κ1) is 23.4. The maximum absolute atomic E-state index is 6.01. The number of rotatable bonds is 9. The molecule has 0 N–H and O–H groups in total. The second-order valence-corrected chi connectivity index (χ2v) is 9.43. The average molecular weight is 495 g/mol. The molecule has 3 aromatic rings. The average Bonchev–Trinajstić information content (AvgIpc) is 3.72. The van der Waals surface area contributed by atoms with Crippen LogP contribution >= 0.6 is 0 Å². The summed E-state index contributed by atoms with van der Waals surface area (Å²) in [5.41, 5.74) is 3.48. The largest absolute Gasteiger partial charge is 0.477 e. The van der Waals surface area contributed by atoms with Crippen LogP contribution in [0.25, 0.3) is 0 Å². The van der Waals surface area contributed by atoms with Gasteiger partial charge < -0.3 is 14.2 Å². The Labute approximate surface area is 217 Å². The number of ether oxygens (including phenoxy) is 3. The predicted molar refractivity (Wildman–Crippen MR) is 144 cm³/mol. The van der Waals surface area contributed by atoms with Gasteiger partial charge in [-0.1, -0.05) is 91.0 Å². The van der Waals surface area contributed by atoms with Gasteiger partial charge in [-0.2, -0.15) is 0 Å². The van der Waals surface area contributed by atoms with Gasteiger partial charge in [0.15, 0.2) is 17.7 Å². The van der Waals surface area contributed by atoms with Crippen LogP contribution in [0.15, 0.2) is 106 Å². The van der Waals surface area contributed by atoms with E-state index in [0.717, 1.165) is 16.7 Å². The van der Waals surface area contributed by atoms with E-state index < -0.39 is 0 Å². The van der Waals surface area contributed by atoms with Crippen molar-refractivity contribution in [1.29, 1.82) is 0 Å². The molecule has 3 aromatic carbocycles. The van der Waals surface area contributed by atoms with Crippen LogP contribution in [0.3, 0.4) is 0 Å². The number of benzene rings is 3. The van der Waals surface area contributed by atoms with Gasteiger partial charge in [-0.15, -0.1) is 0 Å². The van der Waals surface area contributed by atoms with Gasteiger partial charge in [0.05, 0.1) is 19.6 Å². The van der Waals surface area contributed by atoms with E-state index in [-0.39, 0.29) is 18.1 Å². The Morgan fingerprint density at radius 2 is 0.784 bits per heavy atom. The van der Waals surface area contributed by atoms with E-state index in [1.165, 1.54) is 0 Å². The summed E-state index contributed by atoms with van der Waals surface area (Å²) < 4.78 is 18.0. The van der Waals surface area contributed by atoms with Crippen LogP contribution in [0, 0.1) is 0 Å². The van der Waals surface area contributed by atoms with Crippen LogP contribution in [-0.2, 0) is 14.2 Å². The van der Waals surface area contributed by atoms with Crippen LogP contribution in [0.1, 0.15) is 34.8 Å². The van der Waals surface area contributed by atoms with Crippen LogP contribution < -0.4 is 0 Å². The first-order chi connectivity index (χ1) is 18.3. The summed E-state index contributed by atoms with van der Waals surface area (Å²) in [7, 11) is 0. The van der Waals surface area contributed by atoms with Crippen molar-refractivity contribution in [3.63, 3.8) is 0 Å². The van der Waals surface area contributed by atoms with Crippen molar-refractivity contribution in [2.24, 2.45) is 15.0 Å². The molecule has 0 amide bonds. The second kappa shape index (κ2) is 11.0. The Kier molecular flexibility index (Phi) is 6.94. The highest BCUT2D eigenvalue weighted by atomic mass is 16.5. The van der Waals surface area contributed by atoms with Crippen LogP contribution in [-0.4, -0.2) is 62.0 Å². The van der Waals surface area contributed by atoms with Gasteiger partial charge in [-0.05, 0) is 16.7 Å². The summed E-state index contributed by atoms with van der Waals surface area (Å²) in [5.74, 6) is 2.14. The molecule has 3 aliphatic rings. The van der Waals surface area contributed by atoms with Crippen LogP contribution in [0.4, 0.5) is 0 Å². The first-order valence-electron chi connectivity index (χ1n) is 12.8. The van der Waals surface area contributed by atoms with Crippen molar-refractivity contribution in [3.05, 3.63) is 108 Å². The minimum atomic E-state index is 0.0168. The Balaban J connectivity index is 1.18. The van der Waals surface area contributed by atoms with Crippen molar-refractivity contribution in [2.45, 2.75) is 18.1 Å². The van der Waals surface area contributed by atoms with Crippen LogP contribution in [0.2, 0.25) is 0 Å². The Bertz CT molecular complexity index is 1120. The standard InChI is InChI=1S/C30H30N4O3/c1-4-10-22(11-5-1)25-19-35-28(31-25)16-34(17-29-32-26(20-36-29)23-12-6-2-7-13-23)18-30-33-27(21-37-30)24-14-8-3-9-15-24/h1-15,25-27H,16-21H2/t25-,26-,27-/m0/s1. The minimum absolute atomic E-state index is 0.0168. The van der Waals surface area contributed by atoms with E-state index in [0.29, 0.717) is 57.1 Å². The summed E-state index contributed by atoms with van der Waals surface area (Å²) in [6.07, 6.45) is 0. The molecule has 37 heavy (non-hydrogen) atoms. The molecule has 3 aliphatic heterocycles. The third-order valence-electron chi connectivity index (χ3n) is 6.75. The Hall–Kier alpha value is -3.97. The monoisotopic (exact) mass is 494 g/mol. The quantitative estimate of drug-likeness (QED) is 0.429. The molecule has 0 aliphatic carbocycles. The zero-order chi connectivity index (χ0) is 24.9. The molecule has 188 valence electrons. The van der Waals surface area contributed by atoms with Crippen molar-refractivity contribution in [3.8, 4) is 0 Å². The topological polar surface area (TPSA) is 68.0 Å². The summed E-state index contributed by atoms with van der Waals surface area (Å²) in [4.78, 5) is 16.8. The van der Waals surface area contributed by atoms with E-state index in [2.05, 4.69) is 41.3 Å². The fraction of sp³-hybridized carbons (Fsp3) is 0.300. The summed E-state index contributed by atoms with van der Waals surface area (Å²) >= 11 is 0. The predicted octanol–water partition coefficient (Wildman–Crippen LogP) is 4.80. The first-order valence-corrected chi connectivity index (χ1v) is 12.8. The molecule has 7 heteroatoms. The summed E-state index contributed by atoms with van der Waals surface area (Å²) in [6.45, 7) is 3.23. The molecule has 3 heterocycles. The molecule has 3 atom stereocenters. The maximum atomic E-state index is 6.01. The van der Waals surface area contributed by atoms with Gasteiger partial charge in [0, 0.05) is 0 Å². The second-order valence-electron chi connectivity index (χ2n) is 9.43. The van der Waals surface area contributed by atoms with Gasteiger partial charge in [-0.3, -0.25) is 4.90 Å². The lowest BCUT2D eigenvalue weighted by atomic mass is 10.1. The molecule has 0 radical (unpaired) electrons. The molecule has 0 spiro atoms. The van der Waals surface area contributed by atoms with E-state index in [1.54, 1.807) is 0 Å². The lowest BCUT2D eigenvalue weighted by Crippen LogP contribution is -2.38. The molecular weight excluding hydrogens is 464 g/mol. The van der Waals surface area contributed by atoms with Crippen molar-refractivity contribution < 1.29 is 14.2 Å². The smallest absolute Gasteiger partial charge is 0.198 e. The molecule has 0 bridgehead atoms. The summed E-state index contributed by atoms with van der Waals surface area (Å²) in [5, 5.41) is 0. The third-order valence-corrected chi connectivity index (χ3v) is 6.75. The van der Waals surface area contributed by atoms with Crippen molar-refractivity contribution in [1.82, 2.24) is 4.90 Å². The van der Waals surface area contributed by atoms with Gasteiger partial charge in [0.25, 0.3) is 0 Å². The molecule has 0 saturated carbocycles. The van der Waals surface area contributed by atoms with Crippen molar-refractivity contribution >= 4 is 17.7 Å². The van der Waals surface area contributed by atoms with E-state index in [9.17, 15) is 0 Å². The molecule has 0 saturated heterocycles. The third kappa shape index (κ3) is 5.73. The SMILES string of the molecule is c1ccc([C@@H]2COC(CN(CC3=N[C@H](c4ccccc4)CO3)CC3=N[C@H](c4ccccc4)CO3)=N2)cc1. The molecule has 7 nitrogen and oxygen atoms in total. The fourth-order valence-electron chi connectivity index (χ4n) is 4.81. The van der Waals surface area contributed by atoms with Crippen LogP contribution in [0.5, 0.6) is 0 Å². The number of hydrogen-bond acceptors (Lipinski definition) is 7. The lowest BCUT2D eigenvalue weighted by molar-refractivity contribution is 0.258. The zero-order valence-corrected chi connectivity index (χ0v) is 20.6. The molecule has 0 unspecified atom stereocenters. The van der Waals surface area contributed by atoms with Gasteiger partial charge in [0.2, 0.25) is 0 Å². The molecular formula is C30H30N4O3. The zero-order valence-electron chi connectivity index (χ0n) is 20.6. The normalized spacial score (nSPS) is 22.6. The van der Waals surface area contributed by atoms with Gasteiger partial charge in [-0.25, -0.2) is 15.0 Å². The number of aliphatic imine (C=N–C) groups is 3. The summed E-state index contributed by atoms with van der Waals surface area (Å²) in [6, 6.07) is 30.9.